The molecule has 0 aliphatic rings. The quantitative estimate of drug-likeness (QED) is 0.482. The lowest BCUT2D eigenvalue weighted by Crippen LogP contribution is -2.42. The summed E-state index contributed by atoms with van der Waals surface area (Å²) in [6.45, 7) is 2.65. The summed E-state index contributed by atoms with van der Waals surface area (Å²) in [4.78, 5) is 33.9. The van der Waals surface area contributed by atoms with E-state index in [0.717, 1.165) is 19.3 Å². The highest BCUT2D eigenvalue weighted by atomic mass is 16.5. The highest BCUT2D eigenvalue weighted by molar-refractivity contribution is 5.87. The summed E-state index contributed by atoms with van der Waals surface area (Å²) in [6.07, 6.45) is 3.39. The monoisotopic (exact) mass is 302 g/mol. The number of aliphatic carboxylic acids is 1. The molecule has 0 aromatic carbocycles. The van der Waals surface area contributed by atoms with Gasteiger partial charge in [0.25, 0.3) is 0 Å². The van der Waals surface area contributed by atoms with E-state index >= 15 is 0 Å². The first-order chi connectivity index (χ1) is 9.94. The van der Waals surface area contributed by atoms with Crippen molar-refractivity contribution in [2.24, 2.45) is 11.7 Å². The predicted molar refractivity (Wildman–Crippen MR) is 77.5 cm³/mol. The van der Waals surface area contributed by atoms with Crippen molar-refractivity contribution in [3.8, 4) is 0 Å². The number of hydrogen-bond donors (Lipinski definition) is 3. The van der Waals surface area contributed by atoms with E-state index in [1.165, 1.54) is 7.11 Å². The fraction of sp³-hybridized carbons (Fsp3) is 0.786. The minimum absolute atomic E-state index is 0.232. The van der Waals surface area contributed by atoms with Crippen molar-refractivity contribution in [3.63, 3.8) is 0 Å². The van der Waals surface area contributed by atoms with Crippen molar-refractivity contribution < 1.29 is 24.2 Å². The van der Waals surface area contributed by atoms with Crippen LogP contribution < -0.4 is 11.1 Å². The van der Waals surface area contributed by atoms with E-state index < -0.39 is 18.0 Å². The molecule has 0 aromatic rings. The van der Waals surface area contributed by atoms with Gasteiger partial charge in [-0.1, -0.05) is 19.8 Å². The summed E-state index contributed by atoms with van der Waals surface area (Å²) < 4.78 is 4.41. The van der Waals surface area contributed by atoms with Gasteiger partial charge in [0.2, 0.25) is 5.91 Å². The summed E-state index contributed by atoms with van der Waals surface area (Å²) in [5.41, 5.74) is 5.53. The molecule has 0 radical (unpaired) electrons. The zero-order valence-corrected chi connectivity index (χ0v) is 12.8. The largest absolute Gasteiger partial charge is 0.480 e. The fourth-order valence-electron chi connectivity index (χ4n) is 2.13. The number of hydrogen-bond acceptors (Lipinski definition) is 5. The van der Waals surface area contributed by atoms with Crippen molar-refractivity contribution in [3.05, 3.63) is 0 Å². The van der Waals surface area contributed by atoms with Crippen LogP contribution in [0.1, 0.15) is 45.4 Å². The Bertz CT molecular complexity index is 340. The zero-order chi connectivity index (χ0) is 16.3. The van der Waals surface area contributed by atoms with Gasteiger partial charge in [-0.3, -0.25) is 9.59 Å². The number of carboxylic acid groups (broad SMARTS) is 1. The molecule has 4 N–H and O–H groups in total. The number of carbonyl (C=O) groups is 3. The SMILES string of the molecule is CCCC(CCN)CCC(=O)N[C@@H](CC(=O)OC)C(=O)O. The first kappa shape index (κ1) is 19.4. The molecule has 0 spiro atoms. The molecule has 1 unspecified atom stereocenters. The molecule has 0 aromatic heterocycles. The second-order valence-corrected chi connectivity index (χ2v) is 5.01. The molecule has 0 bridgehead atoms. The number of rotatable bonds is 11. The Kier molecular flexibility index (Phi) is 10.2. The van der Waals surface area contributed by atoms with Crippen LogP contribution >= 0.6 is 0 Å². The van der Waals surface area contributed by atoms with Gasteiger partial charge in [0, 0.05) is 6.42 Å². The Morgan fingerprint density at radius 2 is 1.90 bits per heavy atom. The van der Waals surface area contributed by atoms with Gasteiger partial charge in [-0.15, -0.1) is 0 Å². The summed E-state index contributed by atoms with van der Waals surface area (Å²) in [5.74, 6) is -1.92. The predicted octanol–water partition coefficient (Wildman–Crippen LogP) is 0.664. The molecule has 0 saturated heterocycles. The van der Waals surface area contributed by atoms with E-state index in [1.54, 1.807) is 0 Å². The number of esters is 1. The van der Waals surface area contributed by atoms with Crippen LogP contribution in [0.4, 0.5) is 0 Å². The highest BCUT2D eigenvalue weighted by Gasteiger charge is 2.23. The maximum atomic E-state index is 11.8. The molecular weight excluding hydrogens is 276 g/mol. The summed E-state index contributed by atoms with van der Waals surface area (Å²) in [5, 5.41) is 11.3. The van der Waals surface area contributed by atoms with Crippen LogP contribution in [0.5, 0.6) is 0 Å². The summed E-state index contributed by atoms with van der Waals surface area (Å²) in [6, 6.07) is -1.25. The molecule has 7 heteroatoms. The lowest BCUT2D eigenvalue weighted by Gasteiger charge is -2.16. The molecule has 0 aliphatic heterocycles. The second-order valence-electron chi connectivity index (χ2n) is 5.01. The fourth-order valence-corrected chi connectivity index (χ4v) is 2.13. The normalized spacial score (nSPS) is 13.3. The molecule has 0 heterocycles. The van der Waals surface area contributed by atoms with E-state index in [1.807, 2.05) is 0 Å². The van der Waals surface area contributed by atoms with E-state index in [4.69, 9.17) is 10.8 Å². The number of nitrogens with one attached hydrogen (secondary N) is 1. The third-order valence-corrected chi connectivity index (χ3v) is 3.28. The molecule has 0 saturated carbocycles. The van der Waals surface area contributed by atoms with Gasteiger partial charge in [-0.25, -0.2) is 4.79 Å². The first-order valence-corrected chi connectivity index (χ1v) is 7.23. The van der Waals surface area contributed by atoms with Crippen molar-refractivity contribution >= 4 is 17.8 Å². The molecule has 0 fully saturated rings. The van der Waals surface area contributed by atoms with Crippen molar-refractivity contribution in [2.45, 2.75) is 51.5 Å². The standard InChI is InChI=1S/C14H26N2O5/c1-3-4-10(7-8-15)5-6-12(17)16-11(14(19)20)9-13(18)21-2/h10-11H,3-9,15H2,1-2H3,(H,16,17)(H,19,20)/t10?,11-/m0/s1. The van der Waals surface area contributed by atoms with Crippen LogP contribution in [0.25, 0.3) is 0 Å². The average molecular weight is 302 g/mol. The minimum atomic E-state index is -1.25. The van der Waals surface area contributed by atoms with E-state index in [-0.39, 0.29) is 18.7 Å². The van der Waals surface area contributed by atoms with Crippen LogP contribution in [-0.4, -0.2) is 42.6 Å². The molecule has 0 rings (SSSR count). The second kappa shape index (κ2) is 11.1. The van der Waals surface area contributed by atoms with Crippen molar-refractivity contribution in [1.82, 2.24) is 5.32 Å². The van der Waals surface area contributed by atoms with Crippen LogP contribution in [0.2, 0.25) is 0 Å². The van der Waals surface area contributed by atoms with Gasteiger partial charge in [0.15, 0.2) is 0 Å². The van der Waals surface area contributed by atoms with Gasteiger partial charge in [0.1, 0.15) is 6.04 Å². The number of amides is 1. The maximum absolute atomic E-state index is 11.8. The van der Waals surface area contributed by atoms with E-state index in [2.05, 4.69) is 17.0 Å². The molecule has 7 nitrogen and oxygen atoms in total. The van der Waals surface area contributed by atoms with Crippen molar-refractivity contribution in [1.29, 1.82) is 0 Å². The Hall–Kier alpha value is -1.63. The first-order valence-electron chi connectivity index (χ1n) is 7.23. The number of methoxy groups -OCH3 is 1. The average Bonchev–Trinajstić information content (AvgIpc) is 2.44. The molecule has 1 amide bonds. The van der Waals surface area contributed by atoms with Gasteiger partial charge >= 0.3 is 11.9 Å². The van der Waals surface area contributed by atoms with Crippen LogP contribution in [-0.2, 0) is 19.1 Å². The summed E-state index contributed by atoms with van der Waals surface area (Å²) >= 11 is 0. The Morgan fingerprint density at radius 3 is 2.38 bits per heavy atom. The third-order valence-electron chi connectivity index (χ3n) is 3.28. The Balaban J connectivity index is 4.30. The lowest BCUT2D eigenvalue weighted by atomic mass is 9.94. The van der Waals surface area contributed by atoms with Crippen LogP contribution in [0.15, 0.2) is 0 Å². The van der Waals surface area contributed by atoms with E-state index in [9.17, 15) is 14.4 Å². The van der Waals surface area contributed by atoms with Gasteiger partial charge in [0.05, 0.1) is 13.5 Å². The molecule has 2 atom stereocenters. The molecule has 122 valence electrons. The van der Waals surface area contributed by atoms with Crippen LogP contribution in [0, 0.1) is 5.92 Å². The molecule has 0 aliphatic carbocycles. The van der Waals surface area contributed by atoms with Crippen LogP contribution in [0.3, 0.4) is 0 Å². The summed E-state index contributed by atoms with van der Waals surface area (Å²) in [7, 11) is 1.17. The minimum Gasteiger partial charge on any atom is -0.480 e. The van der Waals surface area contributed by atoms with Crippen molar-refractivity contribution in [2.75, 3.05) is 13.7 Å². The van der Waals surface area contributed by atoms with Gasteiger partial charge in [-0.05, 0) is 25.3 Å². The molecular formula is C14H26N2O5. The molecule has 21 heavy (non-hydrogen) atoms. The lowest BCUT2D eigenvalue weighted by molar-refractivity contribution is -0.148. The number of carboxylic acids is 1. The van der Waals surface area contributed by atoms with E-state index in [0.29, 0.717) is 18.9 Å². The smallest absolute Gasteiger partial charge is 0.326 e. The Morgan fingerprint density at radius 1 is 1.24 bits per heavy atom. The van der Waals surface area contributed by atoms with Gasteiger partial charge in [-0.2, -0.15) is 0 Å². The number of nitrogens with two attached hydrogens (primary N) is 1. The van der Waals surface area contributed by atoms with Gasteiger partial charge < -0.3 is 20.9 Å². The third kappa shape index (κ3) is 9.01. The topological polar surface area (TPSA) is 119 Å². The highest BCUT2D eigenvalue weighted by Crippen LogP contribution is 2.16. The number of ether oxygens (including phenoxy) is 1. The zero-order valence-electron chi connectivity index (χ0n) is 12.8. The number of carbonyl (C=O) groups excluding carboxylic acids is 2. The Labute approximate surface area is 125 Å². The maximum Gasteiger partial charge on any atom is 0.326 e.